The van der Waals surface area contributed by atoms with E-state index in [-0.39, 0.29) is 18.9 Å². The average molecular weight is 224 g/mol. The van der Waals surface area contributed by atoms with E-state index in [2.05, 4.69) is 9.97 Å². The first-order valence-corrected chi connectivity index (χ1v) is 4.38. The molecule has 0 aliphatic heterocycles. The summed E-state index contributed by atoms with van der Waals surface area (Å²) in [5.74, 6) is -0.647. The highest BCUT2D eigenvalue weighted by Crippen LogP contribution is 2.10. The van der Waals surface area contributed by atoms with Gasteiger partial charge in [0.05, 0.1) is 13.1 Å². The maximum absolute atomic E-state index is 10.8. The number of rotatable bonds is 5. The first-order chi connectivity index (χ1) is 7.49. The number of anilines is 2. The fraction of sp³-hybridized carbons (Fsp3) is 0.250. The van der Waals surface area contributed by atoms with Gasteiger partial charge in [-0.05, 0) is 0 Å². The molecule has 6 N–H and O–H groups in total. The van der Waals surface area contributed by atoms with Crippen LogP contribution in [0.5, 0.6) is 0 Å². The van der Waals surface area contributed by atoms with Crippen molar-refractivity contribution in [2.24, 2.45) is 11.5 Å². The Kier molecular flexibility index (Phi) is 3.59. The van der Waals surface area contributed by atoms with Crippen LogP contribution in [0.3, 0.4) is 0 Å². The first-order valence-electron chi connectivity index (χ1n) is 4.38. The number of carbonyl (C=O) groups is 2. The molecule has 1 rings (SSSR count). The molecule has 0 bridgehead atoms. The molecule has 0 aliphatic rings. The normalized spacial score (nSPS) is 9.75. The Morgan fingerprint density at radius 1 is 1.19 bits per heavy atom. The second kappa shape index (κ2) is 4.91. The summed E-state index contributed by atoms with van der Waals surface area (Å²) in [6.45, 7) is -0.335. The number of amides is 2. The van der Waals surface area contributed by atoms with Gasteiger partial charge < -0.3 is 22.1 Å². The number of nitrogen functional groups attached to an aromatic ring is 1. The van der Waals surface area contributed by atoms with Gasteiger partial charge in [-0.15, -0.1) is 0 Å². The van der Waals surface area contributed by atoms with Crippen LogP contribution in [0.25, 0.3) is 0 Å². The van der Waals surface area contributed by atoms with Crippen molar-refractivity contribution in [1.29, 1.82) is 0 Å². The molecule has 0 spiro atoms. The summed E-state index contributed by atoms with van der Waals surface area (Å²) in [7, 11) is 0. The topological polar surface area (TPSA) is 141 Å². The van der Waals surface area contributed by atoms with Crippen LogP contribution in [0.1, 0.15) is 0 Å². The van der Waals surface area contributed by atoms with Gasteiger partial charge in [0.15, 0.2) is 0 Å². The summed E-state index contributed by atoms with van der Waals surface area (Å²) in [5.41, 5.74) is 15.5. The highest BCUT2D eigenvalue weighted by Gasteiger charge is 2.13. The molecule has 0 aromatic carbocycles. The van der Waals surface area contributed by atoms with Crippen LogP contribution < -0.4 is 22.1 Å². The molecule has 1 heterocycles. The third kappa shape index (κ3) is 3.40. The average Bonchev–Trinajstić information content (AvgIpc) is 2.15. The lowest BCUT2D eigenvalue weighted by atomic mass is 10.4. The zero-order valence-electron chi connectivity index (χ0n) is 8.46. The van der Waals surface area contributed by atoms with Gasteiger partial charge in [0.1, 0.15) is 18.0 Å². The number of hydrogen-bond acceptors (Lipinski definition) is 6. The summed E-state index contributed by atoms with van der Waals surface area (Å²) in [4.78, 5) is 30.5. The van der Waals surface area contributed by atoms with Gasteiger partial charge in [-0.2, -0.15) is 0 Å². The largest absolute Gasteiger partial charge is 0.384 e. The van der Waals surface area contributed by atoms with Crippen molar-refractivity contribution in [3.05, 3.63) is 12.4 Å². The fourth-order valence-electron chi connectivity index (χ4n) is 1.13. The van der Waals surface area contributed by atoms with Crippen LogP contribution in [0.2, 0.25) is 0 Å². The third-order valence-electron chi connectivity index (χ3n) is 1.69. The van der Waals surface area contributed by atoms with Crippen LogP contribution in [-0.2, 0) is 9.59 Å². The number of carbonyl (C=O) groups excluding carboxylic acids is 2. The van der Waals surface area contributed by atoms with Crippen molar-refractivity contribution < 1.29 is 9.59 Å². The second-order valence-corrected chi connectivity index (χ2v) is 3.09. The van der Waals surface area contributed by atoms with Gasteiger partial charge in [0, 0.05) is 6.07 Å². The van der Waals surface area contributed by atoms with Gasteiger partial charge in [-0.25, -0.2) is 9.97 Å². The van der Waals surface area contributed by atoms with E-state index in [1.807, 2.05) is 0 Å². The maximum atomic E-state index is 10.8. The zero-order chi connectivity index (χ0) is 12.1. The van der Waals surface area contributed by atoms with E-state index in [9.17, 15) is 9.59 Å². The summed E-state index contributed by atoms with van der Waals surface area (Å²) >= 11 is 0. The molecule has 1 aromatic rings. The Hall–Kier alpha value is -2.38. The Labute approximate surface area is 91.4 Å². The van der Waals surface area contributed by atoms with E-state index in [0.717, 1.165) is 0 Å². The Morgan fingerprint density at radius 2 is 1.75 bits per heavy atom. The first kappa shape index (κ1) is 11.7. The van der Waals surface area contributed by atoms with Crippen molar-refractivity contribution in [3.8, 4) is 0 Å². The quantitative estimate of drug-likeness (QED) is 0.520. The minimum absolute atomic E-state index is 0.167. The molecule has 0 atom stereocenters. The monoisotopic (exact) mass is 224 g/mol. The van der Waals surface area contributed by atoms with Crippen LogP contribution in [0, 0.1) is 0 Å². The molecule has 2 amide bonds. The van der Waals surface area contributed by atoms with Crippen LogP contribution in [-0.4, -0.2) is 34.9 Å². The summed E-state index contributed by atoms with van der Waals surface area (Å²) in [5, 5.41) is 0. The Morgan fingerprint density at radius 3 is 2.19 bits per heavy atom. The molecule has 0 fully saturated rings. The number of hydrogen-bond donors (Lipinski definition) is 3. The minimum Gasteiger partial charge on any atom is -0.384 e. The van der Waals surface area contributed by atoms with Gasteiger partial charge in [0.2, 0.25) is 11.8 Å². The number of nitrogens with zero attached hydrogens (tertiary/aromatic N) is 3. The van der Waals surface area contributed by atoms with Crippen LogP contribution in [0.4, 0.5) is 11.6 Å². The molecule has 0 saturated heterocycles. The molecule has 0 radical (unpaired) electrons. The smallest absolute Gasteiger partial charge is 0.237 e. The predicted octanol–water partition coefficient (Wildman–Crippen LogP) is -2.16. The van der Waals surface area contributed by atoms with Gasteiger partial charge in [-0.3, -0.25) is 9.59 Å². The molecule has 0 aliphatic carbocycles. The second-order valence-electron chi connectivity index (χ2n) is 3.09. The van der Waals surface area contributed by atoms with Crippen molar-refractivity contribution in [3.63, 3.8) is 0 Å². The van der Waals surface area contributed by atoms with Crippen molar-refractivity contribution in [2.75, 3.05) is 23.7 Å². The Bertz CT molecular complexity index is 391. The molecule has 8 heteroatoms. The lowest BCUT2D eigenvalue weighted by Gasteiger charge is -2.20. The van der Waals surface area contributed by atoms with Crippen molar-refractivity contribution in [2.45, 2.75) is 0 Å². The number of primary amides is 2. The standard InChI is InChI=1S/C8H12N6O2/c9-5-1-8(13-4-12-5)14(2-6(10)15)3-7(11)16/h1,4H,2-3H2,(H2,10,15)(H2,11,16)(H2,9,12,13). The lowest BCUT2D eigenvalue weighted by Crippen LogP contribution is -2.40. The molecule has 86 valence electrons. The SMILES string of the molecule is NC(=O)CN(CC(N)=O)c1cc(N)ncn1. The van der Waals surface area contributed by atoms with E-state index in [1.165, 1.54) is 17.3 Å². The maximum Gasteiger partial charge on any atom is 0.237 e. The number of aromatic nitrogens is 2. The van der Waals surface area contributed by atoms with E-state index >= 15 is 0 Å². The van der Waals surface area contributed by atoms with Crippen molar-refractivity contribution in [1.82, 2.24) is 9.97 Å². The predicted molar refractivity (Wildman–Crippen MR) is 57.0 cm³/mol. The molecule has 16 heavy (non-hydrogen) atoms. The third-order valence-corrected chi connectivity index (χ3v) is 1.69. The van der Waals surface area contributed by atoms with Gasteiger partial charge >= 0.3 is 0 Å². The molecule has 0 unspecified atom stereocenters. The van der Waals surface area contributed by atoms with Gasteiger partial charge in [0.25, 0.3) is 0 Å². The summed E-state index contributed by atoms with van der Waals surface area (Å²) < 4.78 is 0. The molecule has 0 saturated carbocycles. The Balaban J connectivity index is 2.90. The van der Waals surface area contributed by atoms with E-state index < -0.39 is 11.8 Å². The van der Waals surface area contributed by atoms with Gasteiger partial charge in [-0.1, -0.05) is 0 Å². The lowest BCUT2D eigenvalue weighted by molar-refractivity contribution is -0.117. The summed E-state index contributed by atoms with van der Waals surface area (Å²) in [6.07, 6.45) is 1.22. The molecule has 1 aromatic heterocycles. The molecular weight excluding hydrogens is 212 g/mol. The van der Waals surface area contributed by atoms with E-state index in [4.69, 9.17) is 17.2 Å². The summed E-state index contributed by atoms with van der Waals surface area (Å²) in [6, 6.07) is 1.42. The zero-order valence-corrected chi connectivity index (χ0v) is 8.46. The highest BCUT2D eigenvalue weighted by molar-refractivity contribution is 5.84. The van der Waals surface area contributed by atoms with E-state index in [1.54, 1.807) is 0 Å². The van der Waals surface area contributed by atoms with Crippen LogP contribution >= 0.6 is 0 Å². The van der Waals surface area contributed by atoms with E-state index in [0.29, 0.717) is 5.82 Å². The molecular formula is C8H12N6O2. The number of nitrogens with two attached hydrogens (primary N) is 3. The fourth-order valence-corrected chi connectivity index (χ4v) is 1.13. The minimum atomic E-state index is -0.599. The highest BCUT2D eigenvalue weighted by atomic mass is 16.2. The molecule has 8 nitrogen and oxygen atoms in total. The van der Waals surface area contributed by atoms with Crippen LogP contribution in [0.15, 0.2) is 12.4 Å². The van der Waals surface area contributed by atoms with Crippen molar-refractivity contribution >= 4 is 23.5 Å².